The van der Waals surface area contributed by atoms with Crippen molar-refractivity contribution in [2.75, 3.05) is 35.8 Å². The van der Waals surface area contributed by atoms with Crippen molar-refractivity contribution < 1.29 is 14.1 Å². The number of amides is 2. The fourth-order valence-electron chi connectivity index (χ4n) is 2.24. The summed E-state index contributed by atoms with van der Waals surface area (Å²) >= 11 is 0. The molecule has 1 heterocycles. The average Bonchev–Trinajstić information content (AvgIpc) is 2.92. The van der Waals surface area contributed by atoms with E-state index in [1.807, 2.05) is 43.3 Å². The van der Waals surface area contributed by atoms with Crippen LogP contribution in [0.15, 0.2) is 34.9 Å². The van der Waals surface area contributed by atoms with E-state index < -0.39 is 0 Å². The first-order valence-corrected chi connectivity index (χ1v) is 7.65. The zero-order valence-corrected chi connectivity index (χ0v) is 14.4. The van der Waals surface area contributed by atoms with Crippen LogP contribution in [0, 0.1) is 6.92 Å². The summed E-state index contributed by atoms with van der Waals surface area (Å²) in [7, 11) is 3.90. The SMILES string of the molecule is CC(=O)N(CCC(=O)Nc1cc(C)on1)c1ccc(N(C)C)cc1. The van der Waals surface area contributed by atoms with Crippen LogP contribution in [-0.2, 0) is 9.59 Å². The van der Waals surface area contributed by atoms with E-state index in [4.69, 9.17) is 4.52 Å². The summed E-state index contributed by atoms with van der Waals surface area (Å²) in [5.74, 6) is 0.663. The van der Waals surface area contributed by atoms with Crippen molar-refractivity contribution in [3.05, 3.63) is 36.1 Å². The Labute approximate surface area is 141 Å². The zero-order valence-electron chi connectivity index (χ0n) is 14.4. The fraction of sp³-hybridized carbons (Fsp3) is 0.353. The average molecular weight is 330 g/mol. The van der Waals surface area contributed by atoms with Crippen LogP contribution in [0.25, 0.3) is 0 Å². The van der Waals surface area contributed by atoms with Gasteiger partial charge in [0.05, 0.1) is 0 Å². The van der Waals surface area contributed by atoms with Gasteiger partial charge in [-0.3, -0.25) is 9.59 Å². The molecular weight excluding hydrogens is 308 g/mol. The van der Waals surface area contributed by atoms with Crippen molar-refractivity contribution in [1.29, 1.82) is 0 Å². The Balaban J connectivity index is 1.98. The molecular formula is C17H22N4O3. The van der Waals surface area contributed by atoms with Crippen LogP contribution < -0.4 is 15.1 Å². The molecule has 24 heavy (non-hydrogen) atoms. The molecule has 2 aromatic rings. The molecule has 0 aliphatic carbocycles. The fourth-order valence-corrected chi connectivity index (χ4v) is 2.24. The van der Waals surface area contributed by atoms with Crippen molar-refractivity contribution in [2.45, 2.75) is 20.3 Å². The Kier molecular flexibility index (Phi) is 5.57. The summed E-state index contributed by atoms with van der Waals surface area (Å²) in [6, 6.07) is 9.25. The quantitative estimate of drug-likeness (QED) is 0.880. The summed E-state index contributed by atoms with van der Waals surface area (Å²) in [6.45, 7) is 3.52. The van der Waals surface area contributed by atoms with Gasteiger partial charge in [-0.15, -0.1) is 0 Å². The molecule has 0 aliphatic heterocycles. The Bertz CT molecular complexity index is 707. The van der Waals surface area contributed by atoms with E-state index in [1.165, 1.54) is 6.92 Å². The van der Waals surface area contributed by atoms with E-state index in [1.54, 1.807) is 17.9 Å². The maximum Gasteiger partial charge on any atom is 0.227 e. The Morgan fingerprint density at radius 3 is 2.29 bits per heavy atom. The molecule has 7 heteroatoms. The molecule has 1 aromatic carbocycles. The third kappa shape index (κ3) is 4.58. The number of hydrogen-bond acceptors (Lipinski definition) is 5. The number of carbonyl (C=O) groups is 2. The molecule has 0 atom stereocenters. The van der Waals surface area contributed by atoms with E-state index >= 15 is 0 Å². The highest BCUT2D eigenvalue weighted by Gasteiger charge is 2.14. The number of nitrogens with one attached hydrogen (secondary N) is 1. The minimum Gasteiger partial charge on any atom is -0.378 e. The third-order valence-electron chi connectivity index (χ3n) is 3.52. The molecule has 1 aromatic heterocycles. The minimum atomic E-state index is -0.223. The first kappa shape index (κ1) is 17.5. The van der Waals surface area contributed by atoms with E-state index in [9.17, 15) is 9.59 Å². The highest BCUT2D eigenvalue weighted by molar-refractivity contribution is 5.94. The lowest BCUT2D eigenvalue weighted by molar-refractivity contribution is -0.117. The van der Waals surface area contributed by atoms with Gasteiger partial charge >= 0.3 is 0 Å². The molecule has 1 N–H and O–H groups in total. The zero-order chi connectivity index (χ0) is 17.7. The molecule has 0 fully saturated rings. The summed E-state index contributed by atoms with van der Waals surface area (Å²) in [5, 5.41) is 6.35. The van der Waals surface area contributed by atoms with Gasteiger partial charge in [-0.25, -0.2) is 0 Å². The second-order valence-electron chi connectivity index (χ2n) is 5.70. The van der Waals surface area contributed by atoms with Crippen molar-refractivity contribution in [3.63, 3.8) is 0 Å². The number of hydrogen-bond donors (Lipinski definition) is 1. The molecule has 0 aliphatic rings. The molecule has 2 amide bonds. The first-order chi connectivity index (χ1) is 11.4. The Hall–Kier alpha value is -2.83. The normalized spacial score (nSPS) is 10.3. The van der Waals surface area contributed by atoms with Crippen LogP contribution in [-0.4, -0.2) is 37.6 Å². The predicted molar refractivity (Wildman–Crippen MR) is 93.3 cm³/mol. The standard InChI is InChI=1S/C17H22N4O3/c1-12-11-16(19-24-12)18-17(23)9-10-21(13(2)22)15-7-5-14(6-8-15)20(3)4/h5-8,11H,9-10H2,1-4H3,(H,18,19,23). The largest absolute Gasteiger partial charge is 0.378 e. The van der Waals surface area contributed by atoms with Crippen LogP contribution in [0.2, 0.25) is 0 Å². The molecule has 0 bridgehead atoms. The molecule has 128 valence electrons. The predicted octanol–water partition coefficient (Wildman–Crippen LogP) is 2.43. The lowest BCUT2D eigenvalue weighted by Crippen LogP contribution is -2.32. The maximum atomic E-state index is 12.0. The van der Waals surface area contributed by atoms with Crippen molar-refractivity contribution in [3.8, 4) is 0 Å². The Morgan fingerprint density at radius 1 is 1.17 bits per heavy atom. The number of rotatable bonds is 6. The molecule has 2 rings (SSSR count). The number of benzene rings is 1. The minimum absolute atomic E-state index is 0.113. The molecule has 0 saturated heterocycles. The van der Waals surface area contributed by atoms with Gasteiger partial charge in [0.15, 0.2) is 5.82 Å². The highest BCUT2D eigenvalue weighted by atomic mass is 16.5. The molecule has 7 nitrogen and oxygen atoms in total. The second-order valence-corrected chi connectivity index (χ2v) is 5.70. The van der Waals surface area contributed by atoms with Crippen LogP contribution in [0.3, 0.4) is 0 Å². The second kappa shape index (κ2) is 7.63. The number of aromatic nitrogens is 1. The number of carbonyl (C=O) groups excluding carboxylic acids is 2. The molecule has 0 unspecified atom stereocenters. The van der Waals surface area contributed by atoms with Gasteiger partial charge in [-0.1, -0.05) is 5.16 Å². The van der Waals surface area contributed by atoms with Crippen molar-refractivity contribution >= 4 is 29.0 Å². The molecule has 0 radical (unpaired) electrons. The number of aryl methyl sites for hydroxylation is 1. The van der Waals surface area contributed by atoms with Crippen LogP contribution in [0.5, 0.6) is 0 Å². The van der Waals surface area contributed by atoms with Gasteiger partial charge < -0.3 is 19.6 Å². The van der Waals surface area contributed by atoms with Crippen molar-refractivity contribution in [2.24, 2.45) is 0 Å². The summed E-state index contributed by atoms with van der Waals surface area (Å²) in [4.78, 5) is 27.4. The topological polar surface area (TPSA) is 78.7 Å². The third-order valence-corrected chi connectivity index (χ3v) is 3.52. The monoisotopic (exact) mass is 330 g/mol. The van der Waals surface area contributed by atoms with Crippen LogP contribution in [0.1, 0.15) is 19.1 Å². The number of nitrogens with zero attached hydrogens (tertiary/aromatic N) is 3. The van der Waals surface area contributed by atoms with Gasteiger partial charge in [-0.05, 0) is 31.2 Å². The lowest BCUT2D eigenvalue weighted by Gasteiger charge is -2.22. The van der Waals surface area contributed by atoms with Crippen LogP contribution >= 0.6 is 0 Å². The van der Waals surface area contributed by atoms with E-state index in [-0.39, 0.29) is 18.2 Å². The summed E-state index contributed by atoms with van der Waals surface area (Å²) in [6.07, 6.45) is 0.168. The van der Waals surface area contributed by atoms with Crippen LogP contribution in [0.4, 0.5) is 17.2 Å². The van der Waals surface area contributed by atoms with Gasteiger partial charge in [0.2, 0.25) is 11.8 Å². The molecule has 0 saturated carbocycles. The van der Waals surface area contributed by atoms with E-state index in [2.05, 4.69) is 10.5 Å². The van der Waals surface area contributed by atoms with Gasteiger partial charge in [0.25, 0.3) is 0 Å². The van der Waals surface area contributed by atoms with Gasteiger partial charge in [0.1, 0.15) is 5.76 Å². The maximum absolute atomic E-state index is 12.0. The highest BCUT2D eigenvalue weighted by Crippen LogP contribution is 2.20. The lowest BCUT2D eigenvalue weighted by atomic mass is 10.2. The smallest absolute Gasteiger partial charge is 0.227 e. The van der Waals surface area contributed by atoms with E-state index in [0.29, 0.717) is 18.1 Å². The summed E-state index contributed by atoms with van der Waals surface area (Å²) in [5.41, 5.74) is 1.81. The summed E-state index contributed by atoms with van der Waals surface area (Å²) < 4.78 is 4.90. The number of anilines is 3. The molecule has 0 spiro atoms. The van der Waals surface area contributed by atoms with Gasteiger partial charge in [-0.2, -0.15) is 0 Å². The van der Waals surface area contributed by atoms with Crippen molar-refractivity contribution in [1.82, 2.24) is 5.16 Å². The first-order valence-electron chi connectivity index (χ1n) is 7.65. The van der Waals surface area contributed by atoms with Gasteiger partial charge in [0, 0.05) is 51.4 Å². The van der Waals surface area contributed by atoms with E-state index in [0.717, 1.165) is 11.4 Å². The Morgan fingerprint density at radius 2 is 1.79 bits per heavy atom.